The van der Waals surface area contributed by atoms with Gasteiger partial charge < -0.3 is 4.74 Å². The molecule has 1 N–H and O–H groups in total. The number of hydrogen-bond donors (Lipinski definition) is 1. The van der Waals surface area contributed by atoms with Crippen molar-refractivity contribution in [1.82, 2.24) is 14.9 Å². The van der Waals surface area contributed by atoms with Crippen LogP contribution in [0.15, 0.2) is 47.6 Å². The highest BCUT2D eigenvalue weighted by molar-refractivity contribution is 7.71. The lowest BCUT2D eigenvalue weighted by molar-refractivity contribution is 0.290. The number of aromatic nitrogens is 3. The lowest BCUT2D eigenvalue weighted by Crippen LogP contribution is -2.04. The summed E-state index contributed by atoms with van der Waals surface area (Å²) in [4.78, 5) is 0. The number of nitrogens with zero attached hydrogens (tertiary/aromatic N) is 3. The number of benzene rings is 2. The number of ether oxygens (including phenoxy) is 1. The summed E-state index contributed by atoms with van der Waals surface area (Å²) >= 11 is 5.18. The Morgan fingerprint density at radius 2 is 1.96 bits per heavy atom. The largest absolute Gasteiger partial charge is 0.486 e. The van der Waals surface area contributed by atoms with Gasteiger partial charge in [-0.1, -0.05) is 24.3 Å². The van der Waals surface area contributed by atoms with Crippen LogP contribution in [0.5, 0.6) is 5.75 Å². The zero-order chi connectivity index (χ0) is 17.8. The molecule has 0 radical (unpaired) electrons. The van der Waals surface area contributed by atoms with E-state index in [0.717, 1.165) is 16.9 Å². The number of hydrogen-bond acceptors (Lipinski definition) is 4. The molecule has 0 spiro atoms. The molecule has 7 heteroatoms. The fraction of sp³-hybridized carbons (Fsp3) is 0.167. The van der Waals surface area contributed by atoms with Crippen LogP contribution in [0.3, 0.4) is 0 Å². The first-order chi connectivity index (χ1) is 12.0. The molecule has 2 aromatic carbocycles. The Labute approximate surface area is 149 Å². The van der Waals surface area contributed by atoms with Crippen molar-refractivity contribution in [2.24, 2.45) is 5.10 Å². The summed E-state index contributed by atoms with van der Waals surface area (Å²) in [6.45, 7) is 4.20. The SMILES string of the molecule is Cc1cc(C)cc(OCc2n[nH]c(=S)n2/N=C\c2ccccc2F)c1. The number of halogens is 1. The predicted molar refractivity (Wildman–Crippen MR) is 97.1 cm³/mol. The van der Waals surface area contributed by atoms with Crippen molar-refractivity contribution >= 4 is 18.4 Å². The van der Waals surface area contributed by atoms with Gasteiger partial charge >= 0.3 is 0 Å². The molecule has 0 saturated carbocycles. The Morgan fingerprint density at radius 3 is 2.68 bits per heavy atom. The third-order valence-corrected chi connectivity index (χ3v) is 3.76. The van der Waals surface area contributed by atoms with E-state index in [-0.39, 0.29) is 12.4 Å². The molecule has 0 aliphatic heterocycles. The molecule has 0 fully saturated rings. The van der Waals surface area contributed by atoms with Crippen LogP contribution in [0.2, 0.25) is 0 Å². The highest BCUT2D eigenvalue weighted by Gasteiger charge is 2.07. The number of H-pyrrole nitrogens is 1. The number of aryl methyl sites for hydroxylation is 2. The van der Waals surface area contributed by atoms with Crippen LogP contribution in [0.1, 0.15) is 22.5 Å². The van der Waals surface area contributed by atoms with Gasteiger partial charge in [0.05, 0.1) is 6.21 Å². The molecule has 0 aliphatic rings. The fourth-order valence-electron chi connectivity index (χ4n) is 2.40. The first-order valence-electron chi connectivity index (χ1n) is 7.69. The Bertz CT molecular complexity index is 957. The quantitative estimate of drug-likeness (QED) is 0.552. The Balaban J connectivity index is 1.80. The van der Waals surface area contributed by atoms with Gasteiger partial charge in [-0.3, -0.25) is 0 Å². The maximum Gasteiger partial charge on any atom is 0.216 e. The van der Waals surface area contributed by atoms with Gasteiger partial charge in [0, 0.05) is 5.56 Å². The molecule has 1 aromatic heterocycles. The summed E-state index contributed by atoms with van der Waals surface area (Å²) in [5.74, 6) is 0.891. The van der Waals surface area contributed by atoms with Gasteiger partial charge in [0.15, 0.2) is 5.82 Å². The minimum absolute atomic E-state index is 0.185. The van der Waals surface area contributed by atoms with Crippen LogP contribution in [-0.4, -0.2) is 21.1 Å². The third kappa shape index (κ3) is 4.19. The zero-order valence-corrected chi connectivity index (χ0v) is 14.7. The highest BCUT2D eigenvalue weighted by atomic mass is 32.1. The molecule has 128 valence electrons. The second kappa shape index (κ2) is 7.40. The Hall–Kier alpha value is -2.80. The molecule has 0 atom stereocenters. The molecule has 0 bridgehead atoms. The first kappa shape index (κ1) is 17.0. The van der Waals surface area contributed by atoms with Gasteiger partial charge in [-0.25, -0.2) is 9.49 Å². The van der Waals surface area contributed by atoms with Crippen molar-refractivity contribution in [3.8, 4) is 5.75 Å². The van der Waals surface area contributed by atoms with Gasteiger partial charge in [-0.05, 0) is 55.4 Å². The molecule has 5 nitrogen and oxygen atoms in total. The number of nitrogens with one attached hydrogen (secondary N) is 1. The predicted octanol–water partition coefficient (Wildman–Crippen LogP) is 4.16. The van der Waals surface area contributed by atoms with Crippen molar-refractivity contribution in [2.75, 3.05) is 0 Å². The number of aromatic amines is 1. The summed E-state index contributed by atoms with van der Waals surface area (Å²) in [7, 11) is 0. The molecule has 0 unspecified atom stereocenters. The fourth-order valence-corrected chi connectivity index (χ4v) is 2.60. The summed E-state index contributed by atoms with van der Waals surface area (Å²) in [6, 6.07) is 12.3. The summed E-state index contributed by atoms with van der Waals surface area (Å²) in [6.07, 6.45) is 1.40. The highest BCUT2D eigenvalue weighted by Crippen LogP contribution is 2.17. The minimum atomic E-state index is -0.353. The van der Waals surface area contributed by atoms with E-state index in [1.165, 1.54) is 17.0 Å². The molecule has 1 heterocycles. The lowest BCUT2D eigenvalue weighted by Gasteiger charge is -2.07. The standard InChI is InChI=1S/C18H17FN4OS/c1-12-7-13(2)9-15(8-12)24-11-17-21-22-18(25)23(17)20-10-14-5-3-4-6-16(14)19/h3-10H,11H2,1-2H3,(H,22,25)/b20-10-. The molecule has 25 heavy (non-hydrogen) atoms. The maximum atomic E-state index is 13.7. The molecular weight excluding hydrogens is 339 g/mol. The average molecular weight is 356 g/mol. The van der Waals surface area contributed by atoms with E-state index in [2.05, 4.69) is 21.4 Å². The minimum Gasteiger partial charge on any atom is -0.486 e. The third-order valence-electron chi connectivity index (χ3n) is 3.50. The van der Waals surface area contributed by atoms with E-state index >= 15 is 0 Å². The summed E-state index contributed by atoms with van der Waals surface area (Å²) in [5, 5.41) is 11.0. The van der Waals surface area contributed by atoms with E-state index in [4.69, 9.17) is 17.0 Å². The Kier molecular flexibility index (Phi) is 5.04. The van der Waals surface area contributed by atoms with Gasteiger partial charge in [0.2, 0.25) is 4.77 Å². The van der Waals surface area contributed by atoms with Crippen LogP contribution in [0, 0.1) is 24.4 Å². The topological polar surface area (TPSA) is 55.2 Å². The van der Waals surface area contributed by atoms with E-state index in [0.29, 0.717) is 16.2 Å². The first-order valence-corrected chi connectivity index (χ1v) is 8.10. The molecule has 0 amide bonds. The number of rotatable bonds is 5. The van der Waals surface area contributed by atoms with Crippen LogP contribution in [0.4, 0.5) is 4.39 Å². The van der Waals surface area contributed by atoms with Crippen molar-refractivity contribution in [3.05, 3.63) is 75.6 Å². The van der Waals surface area contributed by atoms with Crippen LogP contribution in [0.25, 0.3) is 0 Å². The molecule has 3 aromatic rings. The van der Waals surface area contributed by atoms with E-state index in [1.807, 2.05) is 26.0 Å². The molecule has 0 saturated heterocycles. The van der Waals surface area contributed by atoms with Gasteiger partial charge in [0.1, 0.15) is 18.2 Å². The summed E-state index contributed by atoms with van der Waals surface area (Å²) < 4.78 is 21.2. The maximum absolute atomic E-state index is 13.7. The van der Waals surface area contributed by atoms with Crippen molar-refractivity contribution < 1.29 is 9.13 Å². The van der Waals surface area contributed by atoms with Crippen LogP contribution in [-0.2, 0) is 6.61 Å². The van der Waals surface area contributed by atoms with Crippen molar-refractivity contribution in [3.63, 3.8) is 0 Å². The van der Waals surface area contributed by atoms with E-state index in [1.54, 1.807) is 18.2 Å². The van der Waals surface area contributed by atoms with Crippen molar-refractivity contribution in [1.29, 1.82) is 0 Å². The lowest BCUT2D eigenvalue weighted by atomic mass is 10.1. The van der Waals surface area contributed by atoms with Crippen LogP contribution >= 0.6 is 12.2 Å². The van der Waals surface area contributed by atoms with Gasteiger partial charge in [-0.2, -0.15) is 14.9 Å². The van der Waals surface area contributed by atoms with Crippen LogP contribution < -0.4 is 4.74 Å². The zero-order valence-electron chi connectivity index (χ0n) is 13.9. The summed E-state index contributed by atoms with van der Waals surface area (Å²) in [5.41, 5.74) is 2.60. The van der Waals surface area contributed by atoms with Gasteiger partial charge in [-0.15, -0.1) is 0 Å². The molecule has 0 aliphatic carbocycles. The second-order valence-corrected chi connectivity index (χ2v) is 6.02. The van der Waals surface area contributed by atoms with Crippen molar-refractivity contribution in [2.45, 2.75) is 20.5 Å². The van der Waals surface area contributed by atoms with Gasteiger partial charge in [0.25, 0.3) is 0 Å². The normalized spacial score (nSPS) is 11.2. The average Bonchev–Trinajstić information content (AvgIpc) is 2.91. The second-order valence-electron chi connectivity index (χ2n) is 5.63. The monoisotopic (exact) mass is 356 g/mol. The molecule has 3 rings (SSSR count). The molecular formula is C18H17FN4OS. The Morgan fingerprint density at radius 1 is 1.24 bits per heavy atom. The smallest absolute Gasteiger partial charge is 0.216 e. The van der Waals surface area contributed by atoms with E-state index < -0.39 is 0 Å². The van der Waals surface area contributed by atoms with E-state index in [9.17, 15) is 4.39 Å².